The Kier molecular flexibility index (Phi) is 4.29. The maximum Gasteiger partial charge on any atom is 0.229 e. The minimum absolute atomic E-state index is 0.367. The van der Waals surface area contributed by atoms with Crippen molar-refractivity contribution in [3.63, 3.8) is 0 Å². The molecule has 1 aliphatic rings. The molecular weight excluding hydrogens is 335 g/mol. The SMILES string of the molecule is COCc1nc(SN2C=Nc3ccc(Cl)nc3C2Cl)n[nH]1. The fourth-order valence-corrected chi connectivity index (χ4v) is 2.91. The molecule has 10 heteroatoms. The number of pyridine rings is 1. The normalized spacial score (nSPS) is 17.1. The average Bonchev–Trinajstić information content (AvgIpc) is 2.90. The molecule has 1 unspecified atom stereocenters. The summed E-state index contributed by atoms with van der Waals surface area (Å²) in [6.45, 7) is 0.367. The average molecular weight is 345 g/mol. The lowest BCUT2D eigenvalue weighted by molar-refractivity contribution is 0.178. The Labute approximate surface area is 134 Å². The second-order valence-electron chi connectivity index (χ2n) is 4.07. The third-order valence-corrected chi connectivity index (χ3v) is 4.21. The summed E-state index contributed by atoms with van der Waals surface area (Å²) in [7, 11) is 1.59. The van der Waals surface area contributed by atoms with Gasteiger partial charge in [-0.25, -0.2) is 15.0 Å². The van der Waals surface area contributed by atoms with E-state index in [1.165, 1.54) is 11.9 Å². The van der Waals surface area contributed by atoms with Crippen LogP contribution in [-0.4, -0.2) is 37.9 Å². The predicted molar refractivity (Wildman–Crippen MR) is 80.8 cm³/mol. The molecule has 0 spiro atoms. The van der Waals surface area contributed by atoms with Gasteiger partial charge in [0.25, 0.3) is 0 Å². The van der Waals surface area contributed by atoms with Crippen molar-refractivity contribution in [1.29, 1.82) is 0 Å². The van der Waals surface area contributed by atoms with Gasteiger partial charge in [-0.1, -0.05) is 23.2 Å². The van der Waals surface area contributed by atoms with Crippen LogP contribution in [0.15, 0.2) is 22.3 Å². The van der Waals surface area contributed by atoms with Gasteiger partial charge in [0, 0.05) is 19.1 Å². The first-order valence-electron chi connectivity index (χ1n) is 5.88. The molecule has 0 amide bonds. The van der Waals surface area contributed by atoms with E-state index in [0.29, 0.717) is 34.1 Å². The maximum atomic E-state index is 6.41. The molecule has 2 aromatic rings. The number of aromatic nitrogens is 4. The van der Waals surface area contributed by atoms with Gasteiger partial charge in [-0.2, -0.15) is 0 Å². The van der Waals surface area contributed by atoms with Crippen LogP contribution in [0.3, 0.4) is 0 Å². The van der Waals surface area contributed by atoms with Crippen LogP contribution < -0.4 is 0 Å². The van der Waals surface area contributed by atoms with Gasteiger partial charge in [0.05, 0.1) is 5.69 Å². The van der Waals surface area contributed by atoms with E-state index >= 15 is 0 Å². The second kappa shape index (κ2) is 6.18. The highest BCUT2D eigenvalue weighted by molar-refractivity contribution is 7.97. The van der Waals surface area contributed by atoms with E-state index in [0.717, 1.165) is 0 Å². The number of aromatic amines is 1. The zero-order valence-electron chi connectivity index (χ0n) is 10.8. The van der Waals surface area contributed by atoms with E-state index in [4.69, 9.17) is 27.9 Å². The number of H-pyrrole nitrogens is 1. The molecular formula is C11H10Cl2N6OS. The van der Waals surface area contributed by atoms with E-state index in [1.807, 2.05) is 0 Å². The van der Waals surface area contributed by atoms with Crippen molar-refractivity contribution in [2.75, 3.05) is 7.11 Å². The summed E-state index contributed by atoms with van der Waals surface area (Å²) < 4.78 is 6.68. The minimum atomic E-state index is -0.509. The van der Waals surface area contributed by atoms with E-state index < -0.39 is 5.50 Å². The quantitative estimate of drug-likeness (QED) is 0.397. The summed E-state index contributed by atoms with van der Waals surface area (Å²) in [5.41, 5.74) is 0.795. The number of fused-ring (bicyclic) bond motifs is 1. The standard InChI is InChI=1S/C11H10Cl2N6OS/c1-20-4-8-16-11(18-17-8)21-19-5-14-6-2-3-7(12)15-9(6)10(19)13/h2-3,5,10H,4H2,1H3,(H,16,17,18). The molecule has 3 heterocycles. The lowest BCUT2D eigenvalue weighted by atomic mass is 10.3. The van der Waals surface area contributed by atoms with Crippen molar-refractivity contribution in [1.82, 2.24) is 24.5 Å². The van der Waals surface area contributed by atoms with Gasteiger partial charge in [0.15, 0.2) is 11.3 Å². The van der Waals surface area contributed by atoms with Crippen molar-refractivity contribution in [3.8, 4) is 0 Å². The molecule has 0 radical (unpaired) electrons. The predicted octanol–water partition coefficient (Wildman–Crippen LogP) is 2.92. The minimum Gasteiger partial charge on any atom is -0.377 e. The fraction of sp³-hybridized carbons (Fsp3) is 0.273. The van der Waals surface area contributed by atoms with Crippen molar-refractivity contribution in [2.24, 2.45) is 4.99 Å². The Morgan fingerprint density at radius 3 is 3.10 bits per heavy atom. The van der Waals surface area contributed by atoms with E-state index in [-0.39, 0.29) is 0 Å². The van der Waals surface area contributed by atoms with E-state index in [9.17, 15) is 0 Å². The highest BCUT2D eigenvalue weighted by Gasteiger charge is 2.26. The molecule has 21 heavy (non-hydrogen) atoms. The van der Waals surface area contributed by atoms with Crippen LogP contribution in [0, 0.1) is 0 Å². The molecule has 1 atom stereocenters. The summed E-state index contributed by atoms with van der Waals surface area (Å²) >= 11 is 13.6. The van der Waals surface area contributed by atoms with Crippen LogP contribution in [0.2, 0.25) is 5.15 Å². The number of ether oxygens (including phenoxy) is 1. The number of nitrogens with zero attached hydrogens (tertiary/aromatic N) is 5. The largest absolute Gasteiger partial charge is 0.377 e. The summed E-state index contributed by atoms with van der Waals surface area (Å²) in [6.07, 6.45) is 1.62. The maximum absolute atomic E-state index is 6.41. The van der Waals surface area contributed by atoms with Crippen molar-refractivity contribution in [3.05, 3.63) is 28.8 Å². The fourth-order valence-electron chi connectivity index (χ4n) is 1.71. The summed E-state index contributed by atoms with van der Waals surface area (Å²) in [4.78, 5) is 12.8. The zero-order chi connectivity index (χ0) is 14.8. The molecule has 1 aliphatic heterocycles. The number of halogens is 2. The molecule has 0 fully saturated rings. The number of rotatable bonds is 4. The first-order valence-corrected chi connectivity index (χ1v) is 7.47. The third-order valence-electron chi connectivity index (χ3n) is 2.61. The molecule has 0 aliphatic carbocycles. The number of methoxy groups -OCH3 is 1. The lowest BCUT2D eigenvalue weighted by Crippen LogP contribution is -2.21. The van der Waals surface area contributed by atoms with Gasteiger partial charge in [-0.3, -0.25) is 9.40 Å². The first kappa shape index (κ1) is 14.6. The van der Waals surface area contributed by atoms with Gasteiger partial charge in [0.2, 0.25) is 5.16 Å². The highest BCUT2D eigenvalue weighted by Crippen LogP contribution is 2.39. The molecule has 0 saturated carbocycles. The number of aliphatic imine (C=N–C) groups is 1. The molecule has 110 valence electrons. The van der Waals surface area contributed by atoms with E-state index in [2.05, 4.69) is 25.2 Å². The topological polar surface area (TPSA) is 79.3 Å². The number of alkyl halides is 1. The Morgan fingerprint density at radius 1 is 1.43 bits per heavy atom. The van der Waals surface area contributed by atoms with Crippen LogP contribution in [-0.2, 0) is 11.3 Å². The monoisotopic (exact) mass is 344 g/mol. The van der Waals surface area contributed by atoms with Crippen LogP contribution >= 0.6 is 35.1 Å². The Bertz CT molecular complexity index is 678. The van der Waals surface area contributed by atoms with Gasteiger partial charge < -0.3 is 4.74 Å². The third kappa shape index (κ3) is 3.13. The van der Waals surface area contributed by atoms with Crippen molar-refractivity contribution in [2.45, 2.75) is 17.3 Å². The molecule has 3 rings (SSSR count). The van der Waals surface area contributed by atoms with Crippen LogP contribution in [0.25, 0.3) is 0 Å². The zero-order valence-corrected chi connectivity index (χ0v) is 13.2. The van der Waals surface area contributed by atoms with E-state index in [1.54, 1.807) is 29.9 Å². The Hall–Kier alpha value is -1.35. The van der Waals surface area contributed by atoms with Crippen LogP contribution in [0.4, 0.5) is 5.69 Å². The van der Waals surface area contributed by atoms with Crippen molar-refractivity contribution >= 4 is 47.2 Å². The van der Waals surface area contributed by atoms with Gasteiger partial charge >= 0.3 is 0 Å². The molecule has 2 aromatic heterocycles. The number of hydrogen-bond acceptors (Lipinski definition) is 7. The molecule has 7 nitrogen and oxygen atoms in total. The first-order chi connectivity index (χ1) is 10.2. The summed E-state index contributed by atoms with van der Waals surface area (Å²) in [5, 5.41) is 7.75. The van der Waals surface area contributed by atoms with Gasteiger partial charge in [0.1, 0.15) is 23.8 Å². The second-order valence-corrected chi connectivity index (χ2v) is 5.84. The number of hydrogen-bond donors (Lipinski definition) is 1. The summed E-state index contributed by atoms with van der Waals surface area (Å²) in [5.74, 6) is 0.640. The van der Waals surface area contributed by atoms with Gasteiger partial charge in [-0.15, -0.1) is 5.10 Å². The molecule has 0 saturated heterocycles. The smallest absolute Gasteiger partial charge is 0.229 e. The lowest BCUT2D eigenvalue weighted by Gasteiger charge is -2.26. The van der Waals surface area contributed by atoms with Crippen LogP contribution in [0.5, 0.6) is 0 Å². The molecule has 1 N–H and O–H groups in total. The Morgan fingerprint density at radius 2 is 2.29 bits per heavy atom. The molecule has 0 aromatic carbocycles. The highest BCUT2D eigenvalue weighted by atomic mass is 35.5. The number of nitrogens with one attached hydrogen (secondary N) is 1. The molecule has 0 bridgehead atoms. The summed E-state index contributed by atoms with van der Waals surface area (Å²) in [6, 6.07) is 3.46. The van der Waals surface area contributed by atoms with Crippen molar-refractivity contribution < 1.29 is 4.74 Å². The van der Waals surface area contributed by atoms with Crippen LogP contribution in [0.1, 0.15) is 17.0 Å². The van der Waals surface area contributed by atoms with Gasteiger partial charge in [-0.05, 0) is 12.1 Å². The Balaban J connectivity index is 1.78.